The summed E-state index contributed by atoms with van der Waals surface area (Å²) in [5, 5.41) is 3.20. The zero-order chi connectivity index (χ0) is 15.2. The number of halogens is 3. The summed E-state index contributed by atoms with van der Waals surface area (Å²) in [6, 6.07) is 0. The van der Waals surface area contributed by atoms with Crippen LogP contribution in [0.4, 0.5) is 13.2 Å². The Bertz CT molecular complexity index is 265. The van der Waals surface area contributed by atoms with Gasteiger partial charge < -0.3 is 10.1 Å². The molecule has 1 fully saturated rings. The lowest BCUT2D eigenvalue weighted by Crippen LogP contribution is -2.32. The molecule has 2 nitrogen and oxygen atoms in total. The van der Waals surface area contributed by atoms with Crippen molar-refractivity contribution in [2.45, 2.75) is 52.6 Å². The van der Waals surface area contributed by atoms with Gasteiger partial charge in [-0.05, 0) is 49.5 Å². The van der Waals surface area contributed by atoms with Crippen LogP contribution in [0.25, 0.3) is 0 Å². The van der Waals surface area contributed by atoms with Crippen LogP contribution in [0.5, 0.6) is 0 Å². The van der Waals surface area contributed by atoms with Crippen molar-refractivity contribution < 1.29 is 17.9 Å². The lowest BCUT2D eigenvalue weighted by molar-refractivity contribution is -0.173. The molecule has 0 aromatic rings. The molecule has 0 radical (unpaired) electrons. The minimum atomic E-state index is -4.22. The zero-order valence-corrected chi connectivity index (χ0v) is 12.9. The van der Waals surface area contributed by atoms with Crippen molar-refractivity contribution in [3.8, 4) is 0 Å². The molecule has 0 atom stereocenters. The van der Waals surface area contributed by atoms with Gasteiger partial charge in [0, 0.05) is 6.54 Å². The second-order valence-electron chi connectivity index (χ2n) is 6.96. The number of nitrogens with one attached hydrogen (secondary N) is 1. The highest BCUT2D eigenvalue weighted by Gasteiger charge is 2.29. The SMILES string of the molecule is CC(C)(C)C1CCC(CNCCOCC(F)(F)F)CC1. The molecule has 1 N–H and O–H groups in total. The molecule has 0 aliphatic heterocycles. The molecule has 0 amide bonds. The van der Waals surface area contributed by atoms with Crippen LogP contribution < -0.4 is 5.32 Å². The quantitative estimate of drug-likeness (QED) is 0.748. The summed E-state index contributed by atoms with van der Waals surface area (Å²) in [5.41, 5.74) is 0.393. The van der Waals surface area contributed by atoms with Gasteiger partial charge in [-0.3, -0.25) is 0 Å². The van der Waals surface area contributed by atoms with Gasteiger partial charge in [0.1, 0.15) is 6.61 Å². The zero-order valence-electron chi connectivity index (χ0n) is 12.9. The molecule has 120 valence electrons. The molecule has 1 aliphatic rings. The van der Waals surface area contributed by atoms with Crippen LogP contribution in [0.2, 0.25) is 0 Å². The summed E-state index contributed by atoms with van der Waals surface area (Å²) in [4.78, 5) is 0. The first-order valence-corrected chi connectivity index (χ1v) is 7.53. The van der Waals surface area contributed by atoms with Crippen LogP contribution in [-0.4, -0.2) is 32.5 Å². The van der Waals surface area contributed by atoms with Crippen LogP contribution in [0.3, 0.4) is 0 Å². The summed E-state index contributed by atoms with van der Waals surface area (Å²) in [6.07, 6.45) is 0.753. The lowest BCUT2D eigenvalue weighted by Gasteiger charge is -2.37. The predicted molar refractivity (Wildman–Crippen MR) is 74.6 cm³/mol. The maximum atomic E-state index is 11.8. The first-order chi connectivity index (χ1) is 9.18. The van der Waals surface area contributed by atoms with E-state index in [1.807, 2.05) is 0 Å². The number of ether oxygens (including phenoxy) is 1. The van der Waals surface area contributed by atoms with Crippen molar-refractivity contribution >= 4 is 0 Å². The van der Waals surface area contributed by atoms with Crippen molar-refractivity contribution in [3.63, 3.8) is 0 Å². The highest BCUT2D eigenvalue weighted by molar-refractivity contribution is 4.81. The van der Waals surface area contributed by atoms with Crippen molar-refractivity contribution in [3.05, 3.63) is 0 Å². The number of hydrogen-bond acceptors (Lipinski definition) is 2. The Hall–Kier alpha value is -0.290. The Labute approximate surface area is 120 Å². The molecule has 0 unspecified atom stereocenters. The van der Waals surface area contributed by atoms with E-state index in [-0.39, 0.29) is 6.61 Å². The molecule has 1 rings (SSSR count). The number of rotatable bonds is 6. The highest BCUT2D eigenvalue weighted by Crippen LogP contribution is 2.39. The summed E-state index contributed by atoms with van der Waals surface area (Å²) in [6.45, 7) is 7.26. The molecule has 20 heavy (non-hydrogen) atoms. The normalized spacial score (nSPS) is 24.9. The van der Waals surface area contributed by atoms with Gasteiger partial charge in [-0.15, -0.1) is 0 Å². The van der Waals surface area contributed by atoms with E-state index in [0.717, 1.165) is 12.5 Å². The fourth-order valence-corrected chi connectivity index (χ4v) is 2.87. The third-order valence-corrected chi connectivity index (χ3v) is 4.19. The van der Waals surface area contributed by atoms with Gasteiger partial charge in [0.05, 0.1) is 6.61 Å². The standard InChI is InChI=1S/C15H28F3NO/c1-14(2,3)13-6-4-12(5-7-13)10-19-8-9-20-11-15(16,17)18/h12-13,19H,4-11H2,1-3H3. The summed E-state index contributed by atoms with van der Waals surface area (Å²) >= 11 is 0. The van der Waals surface area contributed by atoms with E-state index in [4.69, 9.17) is 0 Å². The van der Waals surface area contributed by atoms with Crippen LogP contribution in [0.15, 0.2) is 0 Å². The average Bonchev–Trinajstić information content (AvgIpc) is 2.32. The monoisotopic (exact) mass is 295 g/mol. The molecule has 0 bridgehead atoms. The average molecular weight is 295 g/mol. The molecule has 0 aromatic heterocycles. The van der Waals surface area contributed by atoms with Gasteiger partial charge >= 0.3 is 6.18 Å². The number of alkyl halides is 3. The van der Waals surface area contributed by atoms with E-state index in [1.54, 1.807) is 0 Å². The van der Waals surface area contributed by atoms with E-state index in [0.29, 0.717) is 17.9 Å². The highest BCUT2D eigenvalue weighted by atomic mass is 19.4. The van der Waals surface area contributed by atoms with E-state index >= 15 is 0 Å². The molecule has 0 aromatic carbocycles. The maximum Gasteiger partial charge on any atom is 0.411 e. The Morgan fingerprint density at radius 3 is 2.15 bits per heavy atom. The molecule has 1 saturated carbocycles. The third kappa shape index (κ3) is 7.48. The first-order valence-electron chi connectivity index (χ1n) is 7.53. The molecule has 5 heteroatoms. The van der Waals surface area contributed by atoms with Crippen LogP contribution in [-0.2, 0) is 4.74 Å². The van der Waals surface area contributed by atoms with Gasteiger partial charge in [-0.25, -0.2) is 0 Å². The van der Waals surface area contributed by atoms with Crippen molar-refractivity contribution in [2.24, 2.45) is 17.3 Å². The van der Waals surface area contributed by atoms with Gasteiger partial charge in [0.25, 0.3) is 0 Å². The van der Waals surface area contributed by atoms with Crippen LogP contribution in [0, 0.1) is 17.3 Å². The summed E-state index contributed by atoms with van der Waals surface area (Å²) < 4.78 is 40.1. The van der Waals surface area contributed by atoms with E-state index in [2.05, 4.69) is 30.8 Å². The molecule has 1 aliphatic carbocycles. The second-order valence-corrected chi connectivity index (χ2v) is 6.96. The second kappa shape index (κ2) is 7.64. The van der Waals surface area contributed by atoms with Gasteiger partial charge in [-0.2, -0.15) is 13.2 Å². The lowest BCUT2D eigenvalue weighted by atomic mass is 9.70. The Morgan fingerprint density at radius 1 is 1.05 bits per heavy atom. The maximum absolute atomic E-state index is 11.8. The van der Waals surface area contributed by atoms with E-state index < -0.39 is 12.8 Å². The predicted octanol–water partition coefficient (Wildman–Crippen LogP) is 4.01. The Morgan fingerprint density at radius 2 is 1.65 bits per heavy atom. The first kappa shape index (κ1) is 17.8. The van der Waals surface area contributed by atoms with Crippen molar-refractivity contribution in [1.82, 2.24) is 5.32 Å². The fourth-order valence-electron chi connectivity index (χ4n) is 2.87. The van der Waals surface area contributed by atoms with Gasteiger partial charge in [0.2, 0.25) is 0 Å². The molecular weight excluding hydrogens is 267 g/mol. The topological polar surface area (TPSA) is 21.3 Å². The van der Waals surface area contributed by atoms with E-state index in [1.165, 1.54) is 25.7 Å². The summed E-state index contributed by atoms with van der Waals surface area (Å²) in [5.74, 6) is 1.46. The molecule has 0 spiro atoms. The van der Waals surface area contributed by atoms with Crippen molar-refractivity contribution in [1.29, 1.82) is 0 Å². The van der Waals surface area contributed by atoms with Crippen LogP contribution in [0.1, 0.15) is 46.5 Å². The largest absolute Gasteiger partial charge is 0.411 e. The molecule has 0 heterocycles. The summed E-state index contributed by atoms with van der Waals surface area (Å²) in [7, 11) is 0. The fraction of sp³-hybridized carbons (Fsp3) is 1.00. The van der Waals surface area contributed by atoms with Crippen LogP contribution >= 0.6 is 0 Å². The minimum Gasteiger partial charge on any atom is -0.371 e. The van der Waals surface area contributed by atoms with Gasteiger partial charge in [-0.1, -0.05) is 20.8 Å². The van der Waals surface area contributed by atoms with E-state index in [9.17, 15) is 13.2 Å². The Kier molecular flexibility index (Phi) is 6.79. The minimum absolute atomic E-state index is 0.122. The molecular formula is C15H28F3NO. The van der Waals surface area contributed by atoms with Crippen molar-refractivity contribution in [2.75, 3.05) is 26.3 Å². The third-order valence-electron chi connectivity index (χ3n) is 4.19. The number of hydrogen-bond donors (Lipinski definition) is 1. The molecule has 0 saturated heterocycles. The smallest absolute Gasteiger partial charge is 0.371 e. The van der Waals surface area contributed by atoms with Gasteiger partial charge in [0.15, 0.2) is 0 Å². The Balaban J connectivity index is 2.02.